The van der Waals surface area contributed by atoms with Crippen molar-refractivity contribution in [2.24, 2.45) is 5.73 Å². The van der Waals surface area contributed by atoms with Gasteiger partial charge in [-0.1, -0.05) is 26.3 Å². The summed E-state index contributed by atoms with van der Waals surface area (Å²) >= 11 is 0. The number of aryl methyl sites for hydroxylation is 1. The minimum absolute atomic E-state index is 0.128. The molecule has 0 fully saturated rings. The van der Waals surface area contributed by atoms with Crippen LogP contribution in [0.1, 0.15) is 44.2 Å². The number of fused-ring (bicyclic) bond motifs is 1. The fourth-order valence-corrected chi connectivity index (χ4v) is 3.60. The van der Waals surface area contributed by atoms with Crippen LogP contribution in [0.4, 0.5) is 0 Å². The Morgan fingerprint density at radius 3 is 2.71 bits per heavy atom. The van der Waals surface area contributed by atoms with Gasteiger partial charge in [0.25, 0.3) is 0 Å². The fraction of sp³-hybridized carbons (Fsp3) is 0.667. The van der Waals surface area contributed by atoms with Crippen molar-refractivity contribution in [3.8, 4) is 5.75 Å². The van der Waals surface area contributed by atoms with Crippen LogP contribution in [0.25, 0.3) is 0 Å². The third kappa shape index (κ3) is 3.41. The Kier molecular flexibility index (Phi) is 5.65. The molecular formula is C18H30N2O. The van der Waals surface area contributed by atoms with Crippen LogP contribution < -0.4 is 10.5 Å². The molecule has 0 saturated carbocycles. The maximum atomic E-state index is 6.24. The van der Waals surface area contributed by atoms with E-state index in [-0.39, 0.29) is 5.54 Å². The van der Waals surface area contributed by atoms with Crippen LogP contribution in [0.3, 0.4) is 0 Å². The van der Waals surface area contributed by atoms with E-state index in [0.29, 0.717) is 0 Å². The third-order valence-corrected chi connectivity index (χ3v) is 5.01. The maximum Gasteiger partial charge on any atom is 0.119 e. The van der Waals surface area contributed by atoms with Crippen LogP contribution >= 0.6 is 0 Å². The predicted molar refractivity (Wildman–Crippen MR) is 89.0 cm³/mol. The summed E-state index contributed by atoms with van der Waals surface area (Å²) in [5.41, 5.74) is 9.25. The molecule has 0 aromatic heterocycles. The van der Waals surface area contributed by atoms with E-state index < -0.39 is 0 Å². The number of benzene rings is 1. The molecule has 1 aliphatic carbocycles. The molecule has 1 aromatic carbocycles. The molecule has 3 heteroatoms. The highest BCUT2D eigenvalue weighted by molar-refractivity contribution is 5.39. The number of hydrogen-bond acceptors (Lipinski definition) is 3. The molecule has 0 amide bonds. The minimum atomic E-state index is 0.128. The van der Waals surface area contributed by atoms with Crippen LogP contribution in [0.5, 0.6) is 5.75 Å². The highest BCUT2D eigenvalue weighted by Crippen LogP contribution is 2.34. The van der Waals surface area contributed by atoms with Gasteiger partial charge in [-0.25, -0.2) is 0 Å². The van der Waals surface area contributed by atoms with Crippen molar-refractivity contribution < 1.29 is 4.74 Å². The van der Waals surface area contributed by atoms with Gasteiger partial charge in [0, 0.05) is 12.1 Å². The Labute approximate surface area is 129 Å². The Bertz CT molecular complexity index is 461. The summed E-state index contributed by atoms with van der Waals surface area (Å²) in [6, 6.07) is 6.49. The van der Waals surface area contributed by atoms with Gasteiger partial charge in [0.1, 0.15) is 5.75 Å². The monoisotopic (exact) mass is 290 g/mol. The number of ether oxygens (including phenoxy) is 1. The zero-order valence-electron chi connectivity index (χ0n) is 13.8. The SMILES string of the molecule is CCCCN(CC)C1(CN)CCc2ccc(OC)cc2C1. The topological polar surface area (TPSA) is 38.5 Å². The van der Waals surface area contributed by atoms with Gasteiger partial charge in [-0.15, -0.1) is 0 Å². The molecule has 3 nitrogen and oxygen atoms in total. The molecule has 0 saturated heterocycles. The van der Waals surface area contributed by atoms with Gasteiger partial charge >= 0.3 is 0 Å². The van der Waals surface area contributed by atoms with Gasteiger partial charge in [-0.2, -0.15) is 0 Å². The first-order valence-electron chi connectivity index (χ1n) is 8.30. The lowest BCUT2D eigenvalue weighted by molar-refractivity contribution is 0.0831. The highest BCUT2D eigenvalue weighted by atomic mass is 16.5. The number of hydrogen-bond donors (Lipinski definition) is 1. The van der Waals surface area contributed by atoms with Gasteiger partial charge in [0.15, 0.2) is 0 Å². The van der Waals surface area contributed by atoms with E-state index in [1.165, 1.54) is 30.4 Å². The molecule has 0 aliphatic heterocycles. The molecule has 118 valence electrons. The van der Waals surface area contributed by atoms with Crippen LogP contribution in [-0.4, -0.2) is 37.2 Å². The molecule has 2 rings (SSSR count). The van der Waals surface area contributed by atoms with Crippen molar-refractivity contribution >= 4 is 0 Å². The lowest BCUT2D eigenvalue weighted by Gasteiger charge is -2.46. The minimum Gasteiger partial charge on any atom is -0.497 e. The molecule has 1 atom stereocenters. The van der Waals surface area contributed by atoms with Crippen molar-refractivity contribution in [3.05, 3.63) is 29.3 Å². The summed E-state index contributed by atoms with van der Waals surface area (Å²) < 4.78 is 5.39. The largest absolute Gasteiger partial charge is 0.497 e. The number of likely N-dealkylation sites (N-methyl/N-ethyl adjacent to an activating group) is 1. The molecule has 1 aromatic rings. The van der Waals surface area contributed by atoms with Crippen molar-refractivity contribution in [1.29, 1.82) is 0 Å². The molecule has 0 heterocycles. The van der Waals surface area contributed by atoms with Crippen molar-refractivity contribution in [2.45, 2.75) is 51.5 Å². The van der Waals surface area contributed by atoms with Crippen LogP contribution in [0.2, 0.25) is 0 Å². The first-order valence-corrected chi connectivity index (χ1v) is 8.30. The smallest absolute Gasteiger partial charge is 0.119 e. The molecule has 0 spiro atoms. The number of nitrogens with two attached hydrogens (primary N) is 1. The Morgan fingerprint density at radius 2 is 2.10 bits per heavy atom. The Hall–Kier alpha value is -1.06. The van der Waals surface area contributed by atoms with Crippen molar-refractivity contribution in [3.63, 3.8) is 0 Å². The molecule has 0 radical (unpaired) electrons. The standard InChI is InChI=1S/C18H30N2O/c1-4-6-11-20(5-2)18(14-19)10-9-15-7-8-17(21-3)12-16(15)13-18/h7-8,12H,4-6,9-11,13-14,19H2,1-3H3. The van der Waals surface area contributed by atoms with E-state index in [9.17, 15) is 0 Å². The summed E-state index contributed by atoms with van der Waals surface area (Å²) in [7, 11) is 1.74. The van der Waals surface area contributed by atoms with E-state index in [1.807, 2.05) is 0 Å². The van der Waals surface area contributed by atoms with Gasteiger partial charge in [-0.3, -0.25) is 4.90 Å². The van der Waals surface area contributed by atoms with Gasteiger partial charge in [0.2, 0.25) is 0 Å². The predicted octanol–water partition coefficient (Wildman–Crippen LogP) is 3.00. The average molecular weight is 290 g/mol. The molecule has 1 aliphatic rings. The highest BCUT2D eigenvalue weighted by Gasteiger charge is 2.37. The molecular weight excluding hydrogens is 260 g/mol. The fourth-order valence-electron chi connectivity index (χ4n) is 3.60. The van der Waals surface area contributed by atoms with E-state index in [4.69, 9.17) is 10.5 Å². The lowest BCUT2D eigenvalue weighted by Crippen LogP contribution is -2.57. The number of methoxy groups -OCH3 is 1. The lowest BCUT2D eigenvalue weighted by atomic mass is 9.76. The van der Waals surface area contributed by atoms with Crippen molar-refractivity contribution in [2.75, 3.05) is 26.7 Å². The second-order valence-corrected chi connectivity index (χ2v) is 6.17. The maximum absolute atomic E-state index is 6.24. The van der Waals surface area contributed by atoms with E-state index in [1.54, 1.807) is 7.11 Å². The number of rotatable bonds is 7. The van der Waals surface area contributed by atoms with E-state index >= 15 is 0 Å². The molecule has 2 N–H and O–H groups in total. The summed E-state index contributed by atoms with van der Waals surface area (Å²) in [5, 5.41) is 0. The summed E-state index contributed by atoms with van der Waals surface area (Å²) in [4.78, 5) is 2.61. The summed E-state index contributed by atoms with van der Waals surface area (Å²) in [6.45, 7) is 7.49. The van der Waals surface area contributed by atoms with Gasteiger partial charge in [-0.05, 0) is 62.0 Å². The second kappa shape index (κ2) is 7.28. The van der Waals surface area contributed by atoms with Gasteiger partial charge < -0.3 is 10.5 Å². The van der Waals surface area contributed by atoms with Crippen LogP contribution in [-0.2, 0) is 12.8 Å². The first kappa shape index (κ1) is 16.3. The normalized spacial score (nSPS) is 21.4. The summed E-state index contributed by atoms with van der Waals surface area (Å²) in [6.07, 6.45) is 5.83. The molecule has 21 heavy (non-hydrogen) atoms. The van der Waals surface area contributed by atoms with Crippen molar-refractivity contribution in [1.82, 2.24) is 4.90 Å². The Balaban J connectivity index is 2.24. The van der Waals surface area contributed by atoms with Gasteiger partial charge in [0.05, 0.1) is 7.11 Å². The average Bonchev–Trinajstić information content (AvgIpc) is 2.54. The van der Waals surface area contributed by atoms with E-state index in [0.717, 1.165) is 38.2 Å². The quantitative estimate of drug-likeness (QED) is 0.839. The second-order valence-electron chi connectivity index (χ2n) is 6.17. The van der Waals surface area contributed by atoms with E-state index in [2.05, 4.69) is 36.9 Å². The third-order valence-electron chi connectivity index (χ3n) is 5.01. The molecule has 0 bridgehead atoms. The zero-order valence-corrected chi connectivity index (χ0v) is 13.8. The van der Waals surface area contributed by atoms with Crippen LogP contribution in [0.15, 0.2) is 18.2 Å². The molecule has 1 unspecified atom stereocenters. The first-order chi connectivity index (χ1) is 10.2. The number of nitrogens with zero attached hydrogens (tertiary/aromatic N) is 1. The summed E-state index contributed by atoms with van der Waals surface area (Å²) in [5.74, 6) is 0.957. The Morgan fingerprint density at radius 1 is 1.29 bits per heavy atom. The zero-order chi connectivity index (χ0) is 15.3. The van der Waals surface area contributed by atoms with Crippen LogP contribution in [0, 0.1) is 0 Å². The number of unbranched alkanes of at least 4 members (excludes halogenated alkanes) is 1.